The molecule has 0 aromatic carbocycles. The van der Waals surface area contributed by atoms with E-state index in [1.54, 1.807) is 18.3 Å². The van der Waals surface area contributed by atoms with Gasteiger partial charge >= 0.3 is 5.97 Å². The summed E-state index contributed by atoms with van der Waals surface area (Å²) in [6.45, 7) is 1.75. The monoisotopic (exact) mass is 278 g/mol. The summed E-state index contributed by atoms with van der Waals surface area (Å²) in [4.78, 5) is 17.9. The SMILES string of the molecule is Cc1noc(COC(=O)c2cc3c(s2)CCCC3)n1. The first-order valence-corrected chi connectivity index (χ1v) is 7.12. The van der Waals surface area contributed by atoms with Crippen molar-refractivity contribution < 1.29 is 14.1 Å². The molecule has 0 N–H and O–H groups in total. The number of hydrogen-bond acceptors (Lipinski definition) is 6. The van der Waals surface area contributed by atoms with Crippen LogP contribution in [-0.2, 0) is 24.2 Å². The van der Waals surface area contributed by atoms with Crippen LogP contribution in [-0.4, -0.2) is 16.1 Å². The number of ether oxygens (including phenoxy) is 1. The van der Waals surface area contributed by atoms with Gasteiger partial charge in [-0.3, -0.25) is 0 Å². The van der Waals surface area contributed by atoms with Gasteiger partial charge < -0.3 is 9.26 Å². The number of hydrogen-bond donors (Lipinski definition) is 0. The van der Waals surface area contributed by atoms with Crippen molar-refractivity contribution in [2.24, 2.45) is 0 Å². The minimum atomic E-state index is -0.310. The Bertz CT molecular complexity index is 579. The highest BCUT2D eigenvalue weighted by molar-refractivity contribution is 7.14. The van der Waals surface area contributed by atoms with E-state index in [1.165, 1.54) is 23.3 Å². The smallest absolute Gasteiger partial charge is 0.348 e. The highest BCUT2D eigenvalue weighted by Crippen LogP contribution is 2.30. The predicted octanol–water partition coefficient (Wildman–Crippen LogP) is 2.68. The Kier molecular flexibility index (Phi) is 3.33. The van der Waals surface area contributed by atoms with Crippen LogP contribution in [0.2, 0.25) is 0 Å². The minimum absolute atomic E-state index is 0.0300. The molecule has 3 rings (SSSR count). The van der Waals surface area contributed by atoms with Crippen LogP contribution in [0.25, 0.3) is 0 Å². The van der Waals surface area contributed by atoms with Gasteiger partial charge in [-0.25, -0.2) is 4.79 Å². The third-order valence-corrected chi connectivity index (χ3v) is 4.31. The molecule has 0 unspecified atom stereocenters. The molecule has 0 atom stereocenters. The summed E-state index contributed by atoms with van der Waals surface area (Å²) < 4.78 is 10.1. The highest BCUT2D eigenvalue weighted by Gasteiger charge is 2.18. The minimum Gasteiger partial charge on any atom is -0.451 e. The second kappa shape index (κ2) is 5.13. The lowest BCUT2D eigenvalue weighted by molar-refractivity contribution is 0.0435. The Hall–Kier alpha value is -1.69. The lowest BCUT2D eigenvalue weighted by atomic mass is 9.99. The first-order valence-electron chi connectivity index (χ1n) is 6.30. The Morgan fingerprint density at radius 2 is 2.32 bits per heavy atom. The van der Waals surface area contributed by atoms with Gasteiger partial charge in [-0.05, 0) is 44.2 Å². The maximum absolute atomic E-state index is 11.9. The van der Waals surface area contributed by atoms with Gasteiger partial charge in [0.25, 0.3) is 5.89 Å². The van der Waals surface area contributed by atoms with E-state index in [4.69, 9.17) is 9.26 Å². The zero-order chi connectivity index (χ0) is 13.2. The Morgan fingerprint density at radius 3 is 3.05 bits per heavy atom. The molecule has 0 radical (unpaired) electrons. The number of aryl methyl sites for hydroxylation is 3. The van der Waals surface area contributed by atoms with E-state index < -0.39 is 0 Å². The first kappa shape index (κ1) is 12.3. The summed E-state index contributed by atoms with van der Waals surface area (Å²) in [6.07, 6.45) is 4.57. The molecule has 1 aliphatic carbocycles. The third kappa shape index (κ3) is 2.68. The molecule has 0 saturated carbocycles. The maximum atomic E-state index is 11.9. The van der Waals surface area contributed by atoms with Crippen LogP contribution in [0.5, 0.6) is 0 Å². The summed E-state index contributed by atoms with van der Waals surface area (Å²) >= 11 is 1.54. The van der Waals surface area contributed by atoms with E-state index in [-0.39, 0.29) is 12.6 Å². The summed E-state index contributed by atoms with van der Waals surface area (Å²) in [6, 6.07) is 1.96. The topological polar surface area (TPSA) is 65.2 Å². The zero-order valence-corrected chi connectivity index (χ0v) is 11.5. The predicted molar refractivity (Wildman–Crippen MR) is 69.1 cm³/mol. The van der Waals surface area contributed by atoms with Gasteiger partial charge in [0.05, 0.1) is 0 Å². The average molecular weight is 278 g/mol. The van der Waals surface area contributed by atoms with Gasteiger partial charge in [0.15, 0.2) is 12.4 Å². The van der Waals surface area contributed by atoms with E-state index >= 15 is 0 Å². The van der Waals surface area contributed by atoms with Gasteiger partial charge in [-0.1, -0.05) is 5.16 Å². The van der Waals surface area contributed by atoms with Crippen LogP contribution in [0.4, 0.5) is 0 Å². The molecular formula is C13H14N2O3S. The number of nitrogens with zero attached hydrogens (tertiary/aromatic N) is 2. The Balaban J connectivity index is 1.65. The fraction of sp³-hybridized carbons (Fsp3) is 0.462. The molecule has 0 amide bonds. The molecule has 6 heteroatoms. The molecule has 0 bridgehead atoms. The number of rotatable bonds is 3. The molecule has 0 spiro atoms. The van der Waals surface area contributed by atoms with Crippen molar-refractivity contribution in [2.45, 2.75) is 39.2 Å². The quantitative estimate of drug-likeness (QED) is 0.808. The summed E-state index contributed by atoms with van der Waals surface area (Å²) in [5.74, 6) is 0.556. The number of fused-ring (bicyclic) bond motifs is 1. The fourth-order valence-electron chi connectivity index (χ4n) is 2.19. The lowest BCUT2D eigenvalue weighted by Gasteiger charge is -2.08. The summed E-state index contributed by atoms with van der Waals surface area (Å²) in [7, 11) is 0. The normalized spacial score (nSPS) is 14.2. The van der Waals surface area contributed by atoms with Gasteiger partial charge in [0, 0.05) is 4.88 Å². The number of carbonyl (C=O) groups excluding carboxylic acids is 1. The number of aromatic nitrogens is 2. The molecule has 5 nitrogen and oxygen atoms in total. The first-order chi connectivity index (χ1) is 9.22. The van der Waals surface area contributed by atoms with Crippen LogP contribution < -0.4 is 0 Å². The number of esters is 1. The van der Waals surface area contributed by atoms with E-state index in [2.05, 4.69) is 10.1 Å². The molecule has 0 fully saturated rings. The fourth-order valence-corrected chi connectivity index (χ4v) is 3.34. The summed E-state index contributed by atoms with van der Waals surface area (Å²) in [5, 5.41) is 3.65. The number of carbonyl (C=O) groups is 1. The Morgan fingerprint density at radius 1 is 1.47 bits per heavy atom. The van der Waals surface area contributed by atoms with Crippen molar-refractivity contribution in [3.8, 4) is 0 Å². The molecular weight excluding hydrogens is 264 g/mol. The molecule has 19 heavy (non-hydrogen) atoms. The number of thiophene rings is 1. The maximum Gasteiger partial charge on any atom is 0.348 e. The molecule has 2 aromatic heterocycles. The van der Waals surface area contributed by atoms with E-state index in [9.17, 15) is 4.79 Å². The molecule has 1 aliphatic rings. The lowest BCUT2D eigenvalue weighted by Crippen LogP contribution is -2.03. The van der Waals surface area contributed by atoms with Gasteiger partial charge in [0.2, 0.25) is 0 Å². The van der Waals surface area contributed by atoms with E-state index in [0.717, 1.165) is 12.8 Å². The molecule has 100 valence electrons. The van der Waals surface area contributed by atoms with Gasteiger partial charge in [0.1, 0.15) is 4.88 Å². The zero-order valence-electron chi connectivity index (χ0n) is 10.6. The molecule has 0 saturated heterocycles. The molecule has 2 heterocycles. The van der Waals surface area contributed by atoms with Crippen molar-refractivity contribution in [1.82, 2.24) is 10.1 Å². The average Bonchev–Trinajstić information content (AvgIpc) is 3.01. The van der Waals surface area contributed by atoms with Crippen molar-refractivity contribution in [3.05, 3.63) is 33.1 Å². The van der Waals surface area contributed by atoms with Crippen LogP contribution in [0.15, 0.2) is 10.6 Å². The van der Waals surface area contributed by atoms with Crippen molar-refractivity contribution in [1.29, 1.82) is 0 Å². The van der Waals surface area contributed by atoms with Crippen LogP contribution >= 0.6 is 11.3 Å². The van der Waals surface area contributed by atoms with Crippen LogP contribution in [0, 0.1) is 6.92 Å². The van der Waals surface area contributed by atoms with Crippen LogP contribution in [0.3, 0.4) is 0 Å². The second-order valence-electron chi connectivity index (χ2n) is 4.58. The highest BCUT2D eigenvalue weighted by atomic mass is 32.1. The second-order valence-corrected chi connectivity index (χ2v) is 5.71. The molecule has 2 aromatic rings. The van der Waals surface area contributed by atoms with Crippen molar-refractivity contribution in [3.63, 3.8) is 0 Å². The third-order valence-electron chi connectivity index (χ3n) is 3.09. The summed E-state index contributed by atoms with van der Waals surface area (Å²) in [5.41, 5.74) is 1.30. The van der Waals surface area contributed by atoms with Crippen molar-refractivity contribution in [2.75, 3.05) is 0 Å². The van der Waals surface area contributed by atoms with Crippen LogP contribution in [0.1, 0.15) is 44.7 Å². The Labute approximate surface area is 114 Å². The standard InChI is InChI=1S/C13H14N2O3S/c1-8-14-12(18-15-8)7-17-13(16)11-6-9-4-2-3-5-10(9)19-11/h6H,2-5,7H2,1H3. The van der Waals surface area contributed by atoms with E-state index in [1.807, 2.05) is 6.07 Å². The van der Waals surface area contributed by atoms with Crippen molar-refractivity contribution >= 4 is 17.3 Å². The van der Waals surface area contributed by atoms with Gasteiger partial charge in [-0.2, -0.15) is 4.98 Å². The largest absolute Gasteiger partial charge is 0.451 e. The van der Waals surface area contributed by atoms with Gasteiger partial charge in [-0.15, -0.1) is 11.3 Å². The molecule has 0 aliphatic heterocycles. The van der Waals surface area contributed by atoms with E-state index in [0.29, 0.717) is 16.6 Å².